The van der Waals surface area contributed by atoms with Gasteiger partial charge in [0.1, 0.15) is 5.82 Å². The second-order valence-corrected chi connectivity index (χ2v) is 5.84. The molecule has 0 saturated heterocycles. The molecule has 16 heavy (non-hydrogen) atoms. The van der Waals surface area contributed by atoms with Crippen molar-refractivity contribution in [2.75, 3.05) is 12.8 Å². The van der Waals surface area contributed by atoms with Crippen LogP contribution < -0.4 is 5.32 Å². The summed E-state index contributed by atoms with van der Waals surface area (Å²) < 4.78 is 24.5. The molecule has 0 fully saturated rings. The predicted molar refractivity (Wildman–Crippen MR) is 66.4 cm³/mol. The Morgan fingerprint density at radius 3 is 2.81 bits per heavy atom. The molecule has 0 aliphatic rings. The number of nitrogens with one attached hydrogen (secondary N) is 1. The Morgan fingerprint density at radius 2 is 2.19 bits per heavy atom. The van der Waals surface area contributed by atoms with Gasteiger partial charge in [-0.05, 0) is 19.9 Å². The van der Waals surface area contributed by atoms with E-state index < -0.39 is 10.8 Å². The molecule has 1 rings (SSSR count). The van der Waals surface area contributed by atoms with E-state index in [0.717, 1.165) is 5.56 Å². The van der Waals surface area contributed by atoms with Crippen LogP contribution in [-0.2, 0) is 17.3 Å². The molecule has 0 saturated carbocycles. The van der Waals surface area contributed by atoms with E-state index in [1.807, 2.05) is 19.9 Å². The van der Waals surface area contributed by atoms with Crippen molar-refractivity contribution in [2.24, 2.45) is 0 Å². The van der Waals surface area contributed by atoms with Gasteiger partial charge in [0.15, 0.2) is 0 Å². The number of benzene rings is 1. The molecule has 0 aliphatic carbocycles. The lowest BCUT2D eigenvalue weighted by molar-refractivity contribution is 0.585. The second-order valence-electron chi connectivity index (χ2n) is 4.03. The van der Waals surface area contributed by atoms with Crippen LogP contribution in [0.25, 0.3) is 0 Å². The highest BCUT2D eigenvalue weighted by molar-refractivity contribution is 7.84. The van der Waals surface area contributed by atoms with E-state index in [9.17, 15) is 8.60 Å². The summed E-state index contributed by atoms with van der Waals surface area (Å²) in [6.07, 6.45) is 1.68. The summed E-state index contributed by atoms with van der Waals surface area (Å²) in [5, 5.41) is 3.21. The van der Waals surface area contributed by atoms with Gasteiger partial charge in [0.2, 0.25) is 0 Å². The fourth-order valence-corrected chi connectivity index (χ4v) is 1.72. The van der Waals surface area contributed by atoms with Crippen molar-refractivity contribution < 1.29 is 8.60 Å². The van der Waals surface area contributed by atoms with Crippen LogP contribution >= 0.6 is 0 Å². The van der Waals surface area contributed by atoms with Crippen LogP contribution in [0.15, 0.2) is 18.2 Å². The standard InChI is InChI=1S/C12H18FNOS/c1-9-4-5-12(13)11(6-9)8-14-7-10(2)16(3)15/h4-6,10,14H,7-8H2,1-3H3. The van der Waals surface area contributed by atoms with Crippen molar-refractivity contribution in [3.05, 3.63) is 35.1 Å². The minimum absolute atomic E-state index is 0.0906. The van der Waals surface area contributed by atoms with Crippen molar-refractivity contribution in [1.29, 1.82) is 0 Å². The summed E-state index contributed by atoms with van der Waals surface area (Å²) in [5.41, 5.74) is 1.71. The number of halogens is 1. The van der Waals surface area contributed by atoms with Crippen LogP contribution in [0.1, 0.15) is 18.1 Å². The van der Waals surface area contributed by atoms with E-state index in [-0.39, 0.29) is 11.1 Å². The van der Waals surface area contributed by atoms with Crippen molar-refractivity contribution >= 4 is 10.8 Å². The Balaban J connectivity index is 2.48. The molecule has 2 atom stereocenters. The molecule has 0 bridgehead atoms. The quantitative estimate of drug-likeness (QED) is 0.857. The minimum Gasteiger partial charge on any atom is -0.311 e. The maximum atomic E-state index is 13.4. The van der Waals surface area contributed by atoms with Gasteiger partial charge in [-0.1, -0.05) is 17.7 Å². The summed E-state index contributed by atoms with van der Waals surface area (Å²) in [5.74, 6) is -0.191. The Morgan fingerprint density at radius 1 is 1.50 bits per heavy atom. The first-order valence-corrected chi connectivity index (χ1v) is 6.91. The molecule has 1 N–H and O–H groups in total. The molecule has 0 aromatic heterocycles. The van der Waals surface area contributed by atoms with Gasteiger partial charge in [0.05, 0.1) is 0 Å². The summed E-state index contributed by atoms with van der Waals surface area (Å²) >= 11 is 0. The third-order valence-electron chi connectivity index (χ3n) is 2.52. The molecule has 0 aliphatic heterocycles. The molecule has 4 heteroatoms. The minimum atomic E-state index is -0.834. The summed E-state index contributed by atoms with van der Waals surface area (Å²) in [4.78, 5) is 0. The van der Waals surface area contributed by atoms with E-state index in [1.165, 1.54) is 6.07 Å². The summed E-state index contributed by atoms with van der Waals surface area (Å²) in [6, 6.07) is 5.06. The summed E-state index contributed by atoms with van der Waals surface area (Å²) in [7, 11) is -0.834. The number of hydrogen-bond acceptors (Lipinski definition) is 2. The number of hydrogen-bond donors (Lipinski definition) is 1. The van der Waals surface area contributed by atoms with E-state index in [0.29, 0.717) is 18.7 Å². The highest BCUT2D eigenvalue weighted by atomic mass is 32.2. The monoisotopic (exact) mass is 243 g/mol. The highest BCUT2D eigenvalue weighted by Crippen LogP contribution is 2.09. The van der Waals surface area contributed by atoms with E-state index in [1.54, 1.807) is 12.3 Å². The van der Waals surface area contributed by atoms with E-state index in [4.69, 9.17) is 0 Å². The van der Waals surface area contributed by atoms with Gasteiger partial charge in [-0.3, -0.25) is 4.21 Å². The summed E-state index contributed by atoms with van der Waals surface area (Å²) in [6.45, 7) is 4.97. The first kappa shape index (κ1) is 13.3. The molecule has 0 amide bonds. The third-order valence-corrected chi connectivity index (χ3v) is 3.82. The second kappa shape index (κ2) is 6.11. The average molecular weight is 243 g/mol. The van der Waals surface area contributed by atoms with Crippen LogP contribution in [0.4, 0.5) is 4.39 Å². The largest absolute Gasteiger partial charge is 0.311 e. The maximum Gasteiger partial charge on any atom is 0.127 e. The van der Waals surface area contributed by atoms with Crippen LogP contribution in [0.3, 0.4) is 0 Å². The van der Waals surface area contributed by atoms with Gasteiger partial charge < -0.3 is 5.32 Å². The van der Waals surface area contributed by atoms with Gasteiger partial charge in [-0.25, -0.2) is 4.39 Å². The predicted octanol–water partition coefficient (Wildman–Crippen LogP) is 1.99. The Hall–Kier alpha value is -0.740. The Labute approximate surface area is 98.7 Å². The van der Waals surface area contributed by atoms with Gasteiger partial charge in [0.25, 0.3) is 0 Å². The fourth-order valence-electron chi connectivity index (χ4n) is 1.37. The first-order valence-electron chi connectivity index (χ1n) is 5.28. The zero-order valence-electron chi connectivity index (χ0n) is 9.92. The molecule has 0 radical (unpaired) electrons. The average Bonchev–Trinajstić information content (AvgIpc) is 2.22. The lowest BCUT2D eigenvalue weighted by atomic mass is 10.1. The maximum absolute atomic E-state index is 13.4. The smallest absolute Gasteiger partial charge is 0.127 e. The van der Waals surface area contributed by atoms with Crippen LogP contribution in [-0.4, -0.2) is 22.3 Å². The Bertz CT molecular complexity index is 381. The third kappa shape index (κ3) is 4.02. The molecular formula is C12H18FNOS. The number of aryl methyl sites for hydroxylation is 1. The SMILES string of the molecule is Cc1ccc(F)c(CNCC(C)S(C)=O)c1. The molecule has 2 unspecified atom stereocenters. The highest BCUT2D eigenvalue weighted by Gasteiger charge is 2.06. The fraction of sp³-hybridized carbons (Fsp3) is 0.500. The van der Waals surface area contributed by atoms with Gasteiger partial charge in [0, 0.05) is 41.0 Å². The van der Waals surface area contributed by atoms with Crippen LogP contribution in [0, 0.1) is 12.7 Å². The zero-order chi connectivity index (χ0) is 12.1. The van der Waals surface area contributed by atoms with E-state index >= 15 is 0 Å². The normalized spacial score (nSPS) is 14.8. The van der Waals surface area contributed by atoms with Crippen LogP contribution in [0.5, 0.6) is 0 Å². The van der Waals surface area contributed by atoms with Gasteiger partial charge in [-0.2, -0.15) is 0 Å². The van der Waals surface area contributed by atoms with Crippen molar-refractivity contribution in [2.45, 2.75) is 25.6 Å². The molecule has 1 aromatic carbocycles. The van der Waals surface area contributed by atoms with Gasteiger partial charge >= 0.3 is 0 Å². The molecule has 1 aromatic rings. The lowest BCUT2D eigenvalue weighted by Crippen LogP contribution is -2.27. The molecule has 0 spiro atoms. The van der Waals surface area contributed by atoms with Crippen molar-refractivity contribution in [3.63, 3.8) is 0 Å². The van der Waals surface area contributed by atoms with Crippen molar-refractivity contribution in [1.82, 2.24) is 5.32 Å². The molecule has 2 nitrogen and oxygen atoms in total. The first-order chi connectivity index (χ1) is 7.50. The van der Waals surface area contributed by atoms with Crippen molar-refractivity contribution in [3.8, 4) is 0 Å². The molecular weight excluding hydrogens is 225 g/mol. The Kier molecular flexibility index (Phi) is 5.09. The number of rotatable bonds is 5. The lowest BCUT2D eigenvalue weighted by Gasteiger charge is -2.10. The molecule has 0 heterocycles. The molecule has 90 valence electrons. The van der Waals surface area contributed by atoms with E-state index in [2.05, 4.69) is 5.32 Å². The van der Waals surface area contributed by atoms with Crippen LogP contribution in [0.2, 0.25) is 0 Å². The zero-order valence-corrected chi connectivity index (χ0v) is 10.7. The van der Waals surface area contributed by atoms with Gasteiger partial charge in [-0.15, -0.1) is 0 Å². The topological polar surface area (TPSA) is 29.1 Å².